The summed E-state index contributed by atoms with van der Waals surface area (Å²) >= 11 is 0. The van der Waals surface area contributed by atoms with E-state index in [0.29, 0.717) is 31.1 Å². The average molecular weight is 768 g/mol. The van der Waals surface area contributed by atoms with Gasteiger partial charge in [0, 0.05) is 30.7 Å². The molecule has 0 aromatic heterocycles. The van der Waals surface area contributed by atoms with E-state index < -0.39 is 109 Å². The van der Waals surface area contributed by atoms with E-state index in [1.165, 1.54) is 0 Å². The van der Waals surface area contributed by atoms with Crippen molar-refractivity contribution < 1.29 is 67.6 Å². The Labute approximate surface area is 323 Å². The molecular weight excluding hydrogens is 700 g/mol. The molecule has 8 aliphatic rings. The number of carbonyl (C=O) groups excluding carboxylic acids is 1. The van der Waals surface area contributed by atoms with Gasteiger partial charge in [-0.3, -0.25) is 0 Å². The fourth-order valence-corrected chi connectivity index (χ4v) is 12.5. The maximum absolute atomic E-state index is 12.6. The third-order valence-corrected chi connectivity index (χ3v) is 15.6. The molecule has 0 bridgehead atoms. The lowest BCUT2D eigenvalue weighted by Crippen LogP contribution is -2.62. The van der Waals surface area contributed by atoms with Gasteiger partial charge in [-0.1, -0.05) is 13.8 Å². The Bertz CT molecular complexity index is 1520. The predicted molar refractivity (Wildman–Crippen MR) is 191 cm³/mol. The van der Waals surface area contributed by atoms with Crippen LogP contribution in [0, 0.1) is 34.5 Å². The largest absolute Gasteiger partial charge is 0.458 e. The zero-order chi connectivity index (χ0) is 41.0. The summed E-state index contributed by atoms with van der Waals surface area (Å²) in [6.45, 7) is 7.33. The van der Waals surface area contributed by atoms with E-state index >= 15 is 0 Å². The highest BCUT2D eigenvalue weighted by molar-refractivity contribution is 5.85. The molecule has 3 saturated heterocycles. The molecule has 4 aliphatic carbocycles. The van der Waals surface area contributed by atoms with E-state index in [0.717, 1.165) is 38.5 Å². The molecule has 8 rings (SSSR count). The van der Waals surface area contributed by atoms with Gasteiger partial charge in [0.2, 0.25) is 0 Å². The van der Waals surface area contributed by atoms with Crippen LogP contribution in [0.25, 0.3) is 0 Å². The fourth-order valence-electron chi connectivity index (χ4n) is 12.5. The Morgan fingerprint density at radius 3 is 1.94 bits per heavy atom. The van der Waals surface area contributed by atoms with E-state index in [1.54, 1.807) is 13.8 Å². The van der Waals surface area contributed by atoms with Crippen LogP contribution in [0.1, 0.15) is 116 Å². The second-order valence-corrected chi connectivity index (χ2v) is 18.4. The highest BCUT2D eigenvalue weighted by Gasteiger charge is 2.68. The first-order chi connectivity index (χ1) is 26.8. The average Bonchev–Trinajstić information content (AvgIpc) is 3.51. The van der Waals surface area contributed by atoms with Crippen molar-refractivity contribution in [2.24, 2.45) is 34.5 Å². The quantitative estimate of drug-likeness (QED) is 0.188. The molecule has 4 aliphatic heterocycles. The number of carbonyl (C=O) groups is 1. The van der Waals surface area contributed by atoms with Crippen LogP contribution in [-0.2, 0) is 38.0 Å². The van der Waals surface area contributed by atoms with Crippen molar-refractivity contribution in [2.75, 3.05) is 6.56 Å². The van der Waals surface area contributed by atoms with Crippen molar-refractivity contribution in [3.8, 4) is 0 Å². The van der Waals surface area contributed by atoms with Crippen LogP contribution >= 0.6 is 0 Å². The van der Waals surface area contributed by atoms with Gasteiger partial charge < -0.3 is 58.7 Å². The summed E-state index contributed by atoms with van der Waals surface area (Å²) in [5.74, 6) is -0.636. The maximum Gasteiger partial charge on any atom is 0.331 e. The lowest BCUT2D eigenvalue weighted by molar-refractivity contribution is -0.336. The molecule has 0 aromatic carbocycles. The number of rotatable bonds is 7. The van der Waals surface area contributed by atoms with E-state index in [2.05, 4.69) is 6.92 Å². The smallest absolute Gasteiger partial charge is 0.331 e. The second kappa shape index (κ2) is 14.9. The Morgan fingerprint density at radius 2 is 1.35 bits per heavy atom. The fraction of sp³-hybridized carbons (Fsp3) is 0.927. The summed E-state index contributed by atoms with van der Waals surface area (Å²) < 4.78 is 67.0. The van der Waals surface area contributed by atoms with Crippen LogP contribution in [0.5, 0.6) is 0 Å². The number of aliphatic hydroxyl groups excluding tert-OH is 4. The Balaban J connectivity index is 0.839. The third-order valence-electron chi connectivity index (χ3n) is 15.6. The molecule has 13 nitrogen and oxygen atoms in total. The molecule has 0 spiro atoms. The standard InChI is InChI=1S/C41H64O13/c1-20-36(46)29(42)16-34(49-20)53-38-22(3)51-35(18-31(38)44)54-37-21(2)50-33(17-30(37)43)52-25-8-11-39(4)24(15-25)6-7-28-27(39)9-12-40(5)26(10-13-41(28,40)47)23-14-32(45)48-19-23/h14,20-22,24-31,33-38,42-44,46-47H,6-13,15-19H2,1-5H3/t20-,21-,22-,24-,25+,26-,27+,28-,29+,30+,31+,33+,34+,35+,36-,37-,38-,39+,40-,41+/m1/s1/i14D,19D2. The molecule has 54 heavy (non-hydrogen) atoms. The normalized spacial score (nSPS) is 56.9. The van der Waals surface area contributed by atoms with Crippen LogP contribution < -0.4 is 0 Å². The van der Waals surface area contributed by atoms with Gasteiger partial charge in [-0.05, 0) is 113 Å². The van der Waals surface area contributed by atoms with Gasteiger partial charge in [0.25, 0.3) is 0 Å². The van der Waals surface area contributed by atoms with E-state index in [9.17, 15) is 30.3 Å². The summed E-state index contributed by atoms with van der Waals surface area (Å²) in [6.07, 6.45) is -1.91. The molecule has 0 unspecified atom stereocenters. The SMILES string of the molecule is [2H]C1=C([C@H]2CC[C@]3(O)[C@@H]4CC[C@@H]5C[C@@H](O[C@H]6C[C@H](O)[C@H](O[C@H]7C[C@H](O)[C@H](O[C@H]8C[C@H](O)[C@H](O)[C@@H](C)O8)[C@@H](C)O7)[C@@H](C)O6)CC[C@]5(C)[C@H]4CC[C@]23C)C([2H])([2H])OC1=O. The zero-order valence-corrected chi connectivity index (χ0v) is 32.3. The van der Waals surface area contributed by atoms with Crippen LogP contribution in [-0.4, -0.2) is 124 Å². The van der Waals surface area contributed by atoms with Gasteiger partial charge in [-0.25, -0.2) is 4.79 Å². The summed E-state index contributed by atoms with van der Waals surface area (Å²) in [5.41, 5.74) is -1.58. The van der Waals surface area contributed by atoms with E-state index in [-0.39, 0.29) is 42.3 Å². The first-order valence-corrected chi connectivity index (χ1v) is 20.6. The molecular formula is C41H64O13. The van der Waals surface area contributed by atoms with Gasteiger partial charge in [-0.2, -0.15) is 0 Å². The van der Waals surface area contributed by atoms with Crippen molar-refractivity contribution in [3.63, 3.8) is 0 Å². The Hall–Kier alpha value is -1.23. The lowest BCUT2D eigenvalue weighted by atomic mass is 9.43. The molecule has 0 amide bonds. The van der Waals surface area contributed by atoms with Crippen LogP contribution in [0.3, 0.4) is 0 Å². The van der Waals surface area contributed by atoms with E-state index in [4.69, 9.17) is 37.3 Å². The minimum atomic E-state index is -2.33. The van der Waals surface area contributed by atoms with Gasteiger partial charge in [0.1, 0.15) is 24.9 Å². The number of esters is 1. The summed E-state index contributed by atoms with van der Waals surface area (Å²) in [5, 5.41) is 55.1. The van der Waals surface area contributed by atoms with Gasteiger partial charge in [-0.15, -0.1) is 0 Å². The van der Waals surface area contributed by atoms with E-state index in [1.807, 2.05) is 13.8 Å². The molecule has 0 radical (unpaired) electrons. The summed E-state index contributed by atoms with van der Waals surface area (Å²) in [4.78, 5) is 12.3. The zero-order valence-electron chi connectivity index (χ0n) is 35.3. The Morgan fingerprint density at radius 1 is 0.741 bits per heavy atom. The van der Waals surface area contributed by atoms with Crippen molar-refractivity contribution >= 4 is 5.97 Å². The van der Waals surface area contributed by atoms with Gasteiger partial charge in [0.15, 0.2) is 18.9 Å². The third kappa shape index (κ3) is 6.82. The molecule has 0 aromatic rings. The number of fused-ring (bicyclic) bond motifs is 5. The van der Waals surface area contributed by atoms with Crippen LogP contribution in [0.15, 0.2) is 11.6 Å². The predicted octanol–water partition coefficient (Wildman–Crippen LogP) is 3.25. The first kappa shape index (κ1) is 35.9. The lowest BCUT2D eigenvalue weighted by Gasteiger charge is -2.64. The molecule has 4 heterocycles. The Kier molecular flexibility index (Phi) is 9.88. The summed E-state index contributed by atoms with van der Waals surface area (Å²) in [6, 6.07) is -0.391. The minimum absolute atomic E-state index is 0.00464. The van der Waals surface area contributed by atoms with Gasteiger partial charge in [0.05, 0.1) is 52.4 Å². The van der Waals surface area contributed by atoms with Crippen molar-refractivity contribution in [3.05, 3.63) is 11.6 Å². The maximum atomic E-state index is 12.6. The van der Waals surface area contributed by atoms with Crippen molar-refractivity contribution in [2.45, 2.75) is 197 Å². The van der Waals surface area contributed by atoms with Gasteiger partial charge >= 0.3 is 5.97 Å². The highest BCUT2D eigenvalue weighted by Crippen LogP contribution is 2.70. The molecule has 7 fully saturated rings. The molecule has 20 atom stereocenters. The molecule has 13 heteroatoms. The number of aliphatic hydroxyl groups is 5. The van der Waals surface area contributed by atoms with Crippen LogP contribution in [0.4, 0.5) is 0 Å². The summed E-state index contributed by atoms with van der Waals surface area (Å²) in [7, 11) is 0. The monoisotopic (exact) mass is 767 g/mol. The highest BCUT2D eigenvalue weighted by atomic mass is 16.7. The number of cyclic esters (lactones) is 1. The minimum Gasteiger partial charge on any atom is -0.458 e. The first-order valence-electron chi connectivity index (χ1n) is 22.1. The number of hydrogen-bond acceptors (Lipinski definition) is 13. The topological polar surface area (TPSA) is 183 Å². The second-order valence-electron chi connectivity index (χ2n) is 18.4. The molecule has 5 N–H and O–H groups in total. The van der Waals surface area contributed by atoms with Crippen LogP contribution in [0.2, 0.25) is 0 Å². The van der Waals surface area contributed by atoms with Crippen molar-refractivity contribution in [1.82, 2.24) is 0 Å². The number of ether oxygens (including phenoxy) is 7. The number of hydrogen-bond donors (Lipinski definition) is 5. The van der Waals surface area contributed by atoms with Crippen molar-refractivity contribution in [1.29, 1.82) is 0 Å². The molecule has 4 saturated carbocycles. The molecule has 306 valence electrons.